The highest BCUT2D eigenvalue weighted by molar-refractivity contribution is 7.80. The lowest BCUT2D eigenvalue weighted by atomic mass is 9.91. The molecule has 2 bridgehead atoms. The largest absolute Gasteiger partial charge is 0.179 e. The Bertz CT molecular complexity index is 151. The first kappa shape index (κ1) is 6.78. The van der Waals surface area contributed by atoms with Gasteiger partial charge in [0.2, 0.25) is 0 Å². The molecule has 3 unspecified atom stereocenters. The number of allylic oxidation sites excluding steroid dienone is 2. The van der Waals surface area contributed by atoms with Gasteiger partial charge in [0.1, 0.15) is 0 Å². The maximum absolute atomic E-state index is 4.27. The van der Waals surface area contributed by atoms with E-state index in [1.165, 1.54) is 19.3 Å². The summed E-state index contributed by atoms with van der Waals surface area (Å²) in [6.45, 7) is 0. The molecule has 3 atom stereocenters. The van der Waals surface area contributed by atoms with Crippen LogP contribution in [0.4, 0.5) is 0 Å². The van der Waals surface area contributed by atoms with Gasteiger partial charge in [-0.15, -0.1) is 0 Å². The van der Waals surface area contributed by atoms with Gasteiger partial charge in [-0.3, -0.25) is 0 Å². The third-order valence-corrected chi connectivity index (χ3v) is 3.17. The second-order valence-electron chi connectivity index (χ2n) is 3.55. The van der Waals surface area contributed by atoms with E-state index < -0.39 is 0 Å². The number of hydrogen-bond acceptors (Lipinski definition) is 1. The Balaban J connectivity index is 1.96. The van der Waals surface area contributed by atoms with Crippen LogP contribution in [0.5, 0.6) is 0 Å². The predicted molar refractivity (Wildman–Crippen MR) is 47.3 cm³/mol. The summed E-state index contributed by atoms with van der Waals surface area (Å²) >= 11 is 4.27. The Morgan fingerprint density at radius 2 is 2.20 bits per heavy atom. The van der Waals surface area contributed by atoms with Crippen molar-refractivity contribution in [2.45, 2.75) is 19.3 Å². The third-order valence-electron chi connectivity index (χ3n) is 2.92. The first-order chi connectivity index (χ1) is 4.90. The average molecular weight is 154 g/mol. The van der Waals surface area contributed by atoms with Crippen LogP contribution >= 0.6 is 12.6 Å². The molecule has 2 aliphatic rings. The van der Waals surface area contributed by atoms with E-state index in [-0.39, 0.29) is 0 Å². The monoisotopic (exact) mass is 154 g/mol. The summed E-state index contributed by atoms with van der Waals surface area (Å²) in [5.74, 6) is 3.92. The maximum Gasteiger partial charge on any atom is -0.00951 e. The number of thiol groups is 1. The van der Waals surface area contributed by atoms with Crippen molar-refractivity contribution < 1.29 is 0 Å². The van der Waals surface area contributed by atoms with Gasteiger partial charge in [-0.25, -0.2) is 0 Å². The van der Waals surface area contributed by atoms with Crippen LogP contribution in [0.3, 0.4) is 0 Å². The Kier molecular flexibility index (Phi) is 1.77. The van der Waals surface area contributed by atoms with Gasteiger partial charge in [0.25, 0.3) is 0 Å². The molecule has 0 aromatic heterocycles. The number of fused-ring (bicyclic) bond motifs is 2. The molecular weight excluding hydrogens is 140 g/mol. The van der Waals surface area contributed by atoms with Crippen molar-refractivity contribution in [2.75, 3.05) is 5.75 Å². The second-order valence-corrected chi connectivity index (χ2v) is 4.00. The summed E-state index contributed by atoms with van der Waals surface area (Å²) in [6.07, 6.45) is 9.04. The van der Waals surface area contributed by atoms with E-state index in [4.69, 9.17) is 0 Å². The van der Waals surface area contributed by atoms with Crippen molar-refractivity contribution in [1.29, 1.82) is 0 Å². The molecule has 0 aliphatic heterocycles. The Morgan fingerprint density at radius 1 is 1.30 bits per heavy atom. The average Bonchev–Trinajstić information content (AvgIpc) is 2.48. The lowest BCUT2D eigenvalue weighted by Gasteiger charge is -2.15. The second kappa shape index (κ2) is 2.61. The zero-order chi connectivity index (χ0) is 6.97. The summed E-state index contributed by atoms with van der Waals surface area (Å²) in [4.78, 5) is 0. The van der Waals surface area contributed by atoms with Crippen LogP contribution < -0.4 is 0 Å². The minimum absolute atomic E-state index is 0.928. The smallest absolute Gasteiger partial charge is 0.00951 e. The van der Waals surface area contributed by atoms with Crippen LogP contribution in [0.2, 0.25) is 0 Å². The SMILES string of the molecule is SCCC1CC2C=CC1C2. The minimum Gasteiger partial charge on any atom is -0.179 e. The first-order valence-corrected chi connectivity index (χ1v) is 4.82. The number of hydrogen-bond donors (Lipinski definition) is 1. The summed E-state index contributed by atoms with van der Waals surface area (Å²) in [6, 6.07) is 0. The summed E-state index contributed by atoms with van der Waals surface area (Å²) in [7, 11) is 0. The van der Waals surface area contributed by atoms with Crippen LogP contribution in [-0.2, 0) is 0 Å². The molecule has 1 fully saturated rings. The molecule has 1 heteroatoms. The fraction of sp³-hybridized carbons (Fsp3) is 0.778. The quantitative estimate of drug-likeness (QED) is 0.458. The van der Waals surface area contributed by atoms with E-state index in [0.29, 0.717) is 0 Å². The first-order valence-electron chi connectivity index (χ1n) is 4.19. The third kappa shape index (κ3) is 1.01. The molecule has 56 valence electrons. The van der Waals surface area contributed by atoms with Gasteiger partial charge in [0.05, 0.1) is 0 Å². The van der Waals surface area contributed by atoms with Crippen molar-refractivity contribution in [3.8, 4) is 0 Å². The van der Waals surface area contributed by atoms with Gasteiger partial charge >= 0.3 is 0 Å². The van der Waals surface area contributed by atoms with E-state index in [0.717, 1.165) is 23.5 Å². The van der Waals surface area contributed by atoms with Crippen molar-refractivity contribution in [3.05, 3.63) is 12.2 Å². The van der Waals surface area contributed by atoms with Crippen molar-refractivity contribution in [1.82, 2.24) is 0 Å². The van der Waals surface area contributed by atoms with E-state index in [1.807, 2.05) is 0 Å². The predicted octanol–water partition coefficient (Wildman–Crippen LogP) is 2.52. The fourth-order valence-electron chi connectivity index (χ4n) is 2.39. The molecule has 0 aromatic rings. The molecule has 10 heavy (non-hydrogen) atoms. The van der Waals surface area contributed by atoms with E-state index in [1.54, 1.807) is 0 Å². The lowest BCUT2D eigenvalue weighted by molar-refractivity contribution is 0.438. The summed E-state index contributed by atoms with van der Waals surface area (Å²) < 4.78 is 0. The van der Waals surface area contributed by atoms with E-state index in [2.05, 4.69) is 24.8 Å². The van der Waals surface area contributed by atoms with Gasteiger partial charge < -0.3 is 0 Å². The molecule has 0 aromatic carbocycles. The highest BCUT2D eigenvalue weighted by Gasteiger charge is 2.34. The molecule has 0 N–H and O–H groups in total. The zero-order valence-corrected chi connectivity index (χ0v) is 7.06. The summed E-state index contributed by atoms with van der Waals surface area (Å²) in [5.41, 5.74) is 0. The molecule has 0 amide bonds. The van der Waals surface area contributed by atoms with Crippen molar-refractivity contribution >= 4 is 12.6 Å². The van der Waals surface area contributed by atoms with Crippen LogP contribution in [0.1, 0.15) is 19.3 Å². The molecule has 2 rings (SSSR count). The Morgan fingerprint density at radius 3 is 2.70 bits per heavy atom. The van der Waals surface area contributed by atoms with Crippen molar-refractivity contribution in [2.24, 2.45) is 17.8 Å². The zero-order valence-electron chi connectivity index (χ0n) is 6.16. The van der Waals surface area contributed by atoms with Crippen LogP contribution in [0.15, 0.2) is 12.2 Å². The fourth-order valence-corrected chi connectivity index (χ4v) is 2.72. The molecule has 1 saturated carbocycles. The van der Waals surface area contributed by atoms with Gasteiger partial charge in [-0.05, 0) is 42.8 Å². The van der Waals surface area contributed by atoms with Crippen LogP contribution in [0.25, 0.3) is 0 Å². The van der Waals surface area contributed by atoms with E-state index in [9.17, 15) is 0 Å². The lowest BCUT2D eigenvalue weighted by Crippen LogP contribution is -2.06. The molecule has 0 radical (unpaired) electrons. The molecule has 0 spiro atoms. The highest BCUT2D eigenvalue weighted by Crippen LogP contribution is 2.44. The molecule has 2 aliphatic carbocycles. The Hall–Kier alpha value is 0.0900. The summed E-state index contributed by atoms with van der Waals surface area (Å²) in [5, 5.41) is 0. The molecule has 0 heterocycles. The molecule has 0 saturated heterocycles. The minimum atomic E-state index is 0.928. The van der Waals surface area contributed by atoms with E-state index >= 15 is 0 Å². The number of rotatable bonds is 2. The highest BCUT2D eigenvalue weighted by atomic mass is 32.1. The van der Waals surface area contributed by atoms with Gasteiger partial charge in [-0.2, -0.15) is 12.6 Å². The topological polar surface area (TPSA) is 0 Å². The van der Waals surface area contributed by atoms with Gasteiger partial charge in [0.15, 0.2) is 0 Å². The Labute approximate surface area is 68.1 Å². The van der Waals surface area contributed by atoms with Crippen LogP contribution in [-0.4, -0.2) is 5.75 Å². The van der Waals surface area contributed by atoms with Gasteiger partial charge in [-0.1, -0.05) is 12.2 Å². The maximum atomic E-state index is 4.27. The standard InChI is InChI=1S/C9H14S/c10-4-3-9-6-7-1-2-8(9)5-7/h1-2,7-10H,3-6H2. The van der Waals surface area contributed by atoms with Gasteiger partial charge in [0, 0.05) is 0 Å². The molecular formula is C9H14S. The normalized spacial score (nSPS) is 43.1. The molecule has 0 nitrogen and oxygen atoms in total. The van der Waals surface area contributed by atoms with Crippen molar-refractivity contribution in [3.63, 3.8) is 0 Å². The van der Waals surface area contributed by atoms with Crippen LogP contribution in [0, 0.1) is 17.8 Å².